The van der Waals surface area contributed by atoms with Gasteiger partial charge in [-0.2, -0.15) is 0 Å². The predicted molar refractivity (Wildman–Crippen MR) is 91.0 cm³/mol. The summed E-state index contributed by atoms with van der Waals surface area (Å²) < 4.78 is 10.5. The summed E-state index contributed by atoms with van der Waals surface area (Å²) in [6.07, 6.45) is 3.08. The van der Waals surface area contributed by atoms with Gasteiger partial charge in [0.2, 0.25) is 0 Å². The zero-order valence-electron chi connectivity index (χ0n) is 14.1. The van der Waals surface area contributed by atoms with Gasteiger partial charge in [-0.3, -0.25) is 4.79 Å². The summed E-state index contributed by atoms with van der Waals surface area (Å²) in [7, 11) is 0. The van der Waals surface area contributed by atoms with Crippen molar-refractivity contribution in [1.29, 1.82) is 0 Å². The molecule has 24 heavy (non-hydrogen) atoms. The summed E-state index contributed by atoms with van der Waals surface area (Å²) >= 11 is 0. The molecule has 2 fully saturated rings. The average Bonchev–Trinajstić information content (AvgIpc) is 2.63. The van der Waals surface area contributed by atoms with Crippen LogP contribution in [-0.4, -0.2) is 61.9 Å². The first kappa shape index (κ1) is 16.8. The molecule has 0 radical (unpaired) electrons. The van der Waals surface area contributed by atoms with Crippen LogP contribution < -0.4 is 15.5 Å². The van der Waals surface area contributed by atoms with Crippen LogP contribution >= 0.6 is 0 Å². The lowest BCUT2D eigenvalue weighted by Crippen LogP contribution is -2.39. The zero-order valence-corrected chi connectivity index (χ0v) is 14.1. The van der Waals surface area contributed by atoms with E-state index in [4.69, 9.17) is 15.2 Å². The van der Waals surface area contributed by atoms with Crippen LogP contribution in [0.25, 0.3) is 0 Å². The van der Waals surface area contributed by atoms with E-state index in [1.54, 1.807) is 6.33 Å². The second-order valence-electron chi connectivity index (χ2n) is 6.05. The molecule has 0 unspecified atom stereocenters. The summed E-state index contributed by atoms with van der Waals surface area (Å²) in [5, 5.41) is 0. The summed E-state index contributed by atoms with van der Waals surface area (Å²) in [6, 6.07) is 0. The van der Waals surface area contributed by atoms with Gasteiger partial charge < -0.3 is 25.0 Å². The number of nitrogens with zero attached hydrogens (tertiary/aromatic N) is 4. The number of hydrogen-bond acceptors (Lipinski definition) is 8. The van der Waals surface area contributed by atoms with E-state index >= 15 is 0 Å². The molecule has 0 spiro atoms. The third kappa shape index (κ3) is 3.53. The van der Waals surface area contributed by atoms with Crippen LogP contribution in [-0.2, 0) is 14.3 Å². The Labute approximate surface area is 141 Å². The Bertz CT molecular complexity index is 569. The van der Waals surface area contributed by atoms with Crippen molar-refractivity contribution in [2.24, 2.45) is 5.92 Å². The molecule has 8 heteroatoms. The van der Waals surface area contributed by atoms with Crippen molar-refractivity contribution in [1.82, 2.24) is 9.97 Å². The van der Waals surface area contributed by atoms with E-state index in [9.17, 15) is 4.79 Å². The highest BCUT2D eigenvalue weighted by Gasteiger charge is 2.28. The van der Waals surface area contributed by atoms with Crippen LogP contribution in [0.15, 0.2) is 6.33 Å². The number of nitrogens with two attached hydrogens (primary N) is 1. The number of esters is 1. The number of piperidine rings is 1. The molecule has 2 aliphatic heterocycles. The third-order valence-corrected chi connectivity index (χ3v) is 4.57. The number of nitrogen functional groups attached to an aromatic ring is 1. The minimum absolute atomic E-state index is 0.0250. The number of rotatable bonds is 4. The molecular weight excluding hydrogens is 310 g/mol. The topological polar surface area (TPSA) is 93.8 Å². The molecule has 132 valence electrons. The first-order valence-corrected chi connectivity index (χ1v) is 8.55. The van der Waals surface area contributed by atoms with Crippen molar-refractivity contribution in [3.8, 4) is 0 Å². The van der Waals surface area contributed by atoms with Crippen molar-refractivity contribution >= 4 is 23.3 Å². The lowest BCUT2D eigenvalue weighted by Gasteiger charge is -2.34. The van der Waals surface area contributed by atoms with E-state index < -0.39 is 0 Å². The maximum absolute atomic E-state index is 11.9. The standard InChI is InChI=1S/C16H25N5O3/c1-2-24-16(22)12-3-5-20(6-4-12)14-13(17)15(19-11-18-14)21-7-9-23-10-8-21/h11-12H,2-10,17H2,1H3. The second kappa shape index (κ2) is 7.65. The highest BCUT2D eigenvalue weighted by Crippen LogP contribution is 2.32. The fourth-order valence-electron chi connectivity index (χ4n) is 3.24. The maximum Gasteiger partial charge on any atom is 0.309 e. The number of ether oxygens (including phenoxy) is 2. The Morgan fingerprint density at radius 2 is 1.79 bits per heavy atom. The molecule has 1 aromatic heterocycles. The van der Waals surface area contributed by atoms with E-state index in [0.29, 0.717) is 25.5 Å². The van der Waals surface area contributed by atoms with E-state index in [2.05, 4.69) is 19.8 Å². The van der Waals surface area contributed by atoms with Gasteiger partial charge in [0.1, 0.15) is 12.0 Å². The van der Waals surface area contributed by atoms with Gasteiger partial charge in [0.25, 0.3) is 0 Å². The fraction of sp³-hybridized carbons (Fsp3) is 0.688. The van der Waals surface area contributed by atoms with E-state index in [-0.39, 0.29) is 11.9 Å². The normalized spacial score (nSPS) is 19.4. The quantitative estimate of drug-likeness (QED) is 0.803. The van der Waals surface area contributed by atoms with Gasteiger partial charge >= 0.3 is 5.97 Å². The van der Waals surface area contributed by atoms with Crippen molar-refractivity contribution in [2.75, 3.05) is 61.5 Å². The SMILES string of the molecule is CCOC(=O)C1CCN(c2ncnc(N3CCOCC3)c2N)CC1. The molecule has 3 rings (SSSR count). The van der Waals surface area contributed by atoms with Crippen molar-refractivity contribution < 1.29 is 14.3 Å². The number of hydrogen-bond donors (Lipinski definition) is 1. The van der Waals surface area contributed by atoms with Gasteiger partial charge in [0, 0.05) is 26.2 Å². The summed E-state index contributed by atoms with van der Waals surface area (Å²) in [6.45, 7) is 6.69. The monoisotopic (exact) mass is 335 g/mol. The second-order valence-corrected chi connectivity index (χ2v) is 6.05. The molecule has 0 aliphatic carbocycles. The first-order chi connectivity index (χ1) is 11.7. The Kier molecular flexibility index (Phi) is 5.34. The lowest BCUT2D eigenvalue weighted by molar-refractivity contribution is -0.148. The van der Waals surface area contributed by atoms with E-state index in [1.807, 2.05) is 6.92 Å². The van der Waals surface area contributed by atoms with Crippen molar-refractivity contribution in [3.05, 3.63) is 6.33 Å². The van der Waals surface area contributed by atoms with Crippen molar-refractivity contribution in [3.63, 3.8) is 0 Å². The van der Waals surface area contributed by atoms with Gasteiger partial charge in [0.05, 0.1) is 25.7 Å². The minimum Gasteiger partial charge on any atom is -0.466 e. The Morgan fingerprint density at radius 3 is 2.38 bits per heavy atom. The maximum atomic E-state index is 11.9. The fourth-order valence-corrected chi connectivity index (χ4v) is 3.24. The molecule has 1 aromatic rings. The number of morpholine rings is 1. The minimum atomic E-state index is -0.0955. The molecule has 2 N–H and O–H groups in total. The molecule has 0 bridgehead atoms. The smallest absolute Gasteiger partial charge is 0.309 e. The van der Waals surface area contributed by atoms with Gasteiger partial charge in [-0.15, -0.1) is 0 Å². The molecule has 3 heterocycles. The van der Waals surface area contributed by atoms with Gasteiger partial charge in [-0.1, -0.05) is 0 Å². The Morgan fingerprint density at radius 1 is 1.21 bits per heavy atom. The van der Waals surface area contributed by atoms with Gasteiger partial charge in [0.15, 0.2) is 11.6 Å². The third-order valence-electron chi connectivity index (χ3n) is 4.57. The summed E-state index contributed by atoms with van der Waals surface area (Å²) in [5.41, 5.74) is 6.95. The predicted octanol–water partition coefficient (Wildman–Crippen LogP) is 0.675. The molecule has 8 nitrogen and oxygen atoms in total. The van der Waals surface area contributed by atoms with Crippen LogP contribution in [0.2, 0.25) is 0 Å². The van der Waals surface area contributed by atoms with Gasteiger partial charge in [-0.05, 0) is 19.8 Å². The van der Waals surface area contributed by atoms with Crippen LogP contribution in [0.5, 0.6) is 0 Å². The van der Waals surface area contributed by atoms with Crippen molar-refractivity contribution in [2.45, 2.75) is 19.8 Å². The zero-order chi connectivity index (χ0) is 16.9. The Hall–Kier alpha value is -2.09. The molecule has 0 saturated carbocycles. The molecule has 2 aliphatic rings. The van der Waals surface area contributed by atoms with Crippen LogP contribution in [0.4, 0.5) is 17.3 Å². The summed E-state index contributed by atoms with van der Waals surface area (Å²) in [5.74, 6) is 1.41. The van der Waals surface area contributed by atoms with E-state index in [1.165, 1.54) is 0 Å². The highest BCUT2D eigenvalue weighted by molar-refractivity contribution is 5.77. The number of carbonyl (C=O) groups excluding carboxylic acids is 1. The highest BCUT2D eigenvalue weighted by atomic mass is 16.5. The largest absolute Gasteiger partial charge is 0.466 e. The first-order valence-electron chi connectivity index (χ1n) is 8.55. The summed E-state index contributed by atoms with van der Waals surface area (Å²) in [4.78, 5) is 24.9. The van der Waals surface area contributed by atoms with Gasteiger partial charge in [-0.25, -0.2) is 9.97 Å². The molecule has 0 amide bonds. The number of aromatic nitrogens is 2. The average molecular weight is 335 g/mol. The number of carbonyl (C=O) groups is 1. The van der Waals surface area contributed by atoms with E-state index in [0.717, 1.165) is 50.7 Å². The number of anilines is 3. The molecule has 2 saturated heterocycles. The molecule has 0 aromatic carbocycles. The Balaban J connectivity index is 1.68. The lowest BCUT2D eigenvalue weighted by atomic mass is 9.97. The molecule has 0 atom stereocenters. The van der Waals surface area contributed by atoms with Crippen LogP contribution in [0, 0.1) is 5.92 Å². The van der Waals surface area contributed by atoms with Crippen LogP contribution in [0.1, 0.15) is 19.8 Å². The molecular formula is C16H25N5O3. The van der Waals surface area contributed by atoms with Crippen LogP contribution in [0.3, 0.4) is 0 Å².